The van der Waals surface area contributed by atoms with Crippen LogP contribution < -0.4 is 0 Å². The Morgan fingerprint density at radius 3 is 1.74 bits per heavy atom. The number of fused-ring (bicyclic) bond motifs is 3. The van der Waals surface area contributed by atoms with E-state index in [0.29, 0.717) is 13.2 Å². The predicted octanol–water partition coefficient (Wildman–Crippen LogP) is 5.59. The Kier molecular flexibility index (Phi) is 3.92. The molecule has 0 N–H and O–H groups in total. The summed E-state index contributed by atoms with van der Waals surface area (Å²) in [5.41, 5.74) is 2.25. The summed E-state index contributed by atoms with van der Waals surface area (Å²) in [6.07, 6.45) is 0. The molecule has 0 saturated carbocycles. The molecule has 2 nitrogen and oxygen atoms in total. The lowest BCUT2D eigenvalue weighted by molar-refractivity contribution is -0.210. The van der Waals surface area contributed by atoms with Crippen LogP contribution in [0, 0.1) is 0 Å². The zero-order chi connectivity index (χ0) is 13.6. The van der Waals surface area contributed by atoms with Crippen molar-refractivity contribution in [3.05, 3.63) is 30.8 Å². The van der Waals surface area contributed by atoms with Gasteiger partial charge in [-0.3, -0.25) is 0 Å². The topological polar surface area (TPSA) is 18.5 Å². The normalized spacial score (nSPS) is 15.6. The summed E-state index contributed by atoms with van der Waals surface area (Å²) in [5, 5.41) is 0. The summed E-state index contributed by atoms with van der Waals surface area (Å²) in [6.45, 7) is 5.22. The fourth-order valence-electron chi connectivity index (χ4n) is 2.45. The standard InChI is InChI=1S/C13H12Br2O2S2/c1-3-16-13(17-4-2)7-5-9(14)18-11(7)12-8(13)6-10(15)19-12/h5-6H,3-4H2,1-2H3. The van der Waals surface area contributed by atoms with Crippen LogP contribution in [0.25, 0.3) is 9.75 Å². The molecule has 2 heterocycles. The summed E-state index contributed by atoms with van der Waals surface area (Å²) >= 11 is 10.6. The molecule has 2 aromatic rings. The first-order valence-corrected chi connectivity index (χ1v) is 9.22. The van der Waals surface area contributed by atoms with Gasteiger partial charge in [0.2, 0.25) is 5.79 Å². The second-order valence-electron chi connectivity index (χ2n) is 4.07. The van der Waals surface area contributed by atoms with Gasteiger partial charge in [-0.15, -0.1) is 22.7 Å². The number of thiophene rings is 2. The third kappa shape index (κ3) is 2.08. The lowest BCUT2D eigenvalue weighted by Gasteiger charge is -2.29. The molecule has 0 spiro atoms. The maximum atomic E-state index is 6.06. The maximum absolute atomic E-state index is 6.06. The molecule has 1 aliphatic carbocycles. The van der Waals surface area contributed by atoms with Gasteiger partial charge in [0.15, 0.2) is 0 Å². The zero-order valence-electron chi connectivity index (χ0n) is 10.5. The Labute approximate surface area is 137 Å². The second-order valence-corrected chi connectivity index (χ2v) is 8.93. The van der Waals surface area contributed by atoms with Crippen LogP contribution >= 0.6 is 54.5 Å². The van der Waals surface area contributed by atoms with Crippen molar-refractivity contribution < 1.29 is 9.47 Å². The molecule has 0 radical (unpaired) electrons. The molecule has 1 aliphatic rings. The smallest absolute Gasteiger partial charge is 0.225 e. The molecule has 0 aliphatic heterocycles. The van der Waals surface area contributed by atoms with E-state index in [2.05, 4.69) is 44.0 Å². The number of hydrogen-bond acceptors (Lipinski definition) is 4. The van der Waals surface area contributed by atoms with E-state index in [0.717, 1.165) is 18.7 Å². The summed E-state index contributed by atoms with van der Waals surface area (Å²) < 4.78 is 14.3. The van der Waals surface area contributed by atoms with Crippen LogP contribution in [0.3, 0.4) is 0 Å². The van der Waals surface area contributed by atoms with Crippen molar-refractivity contribution >= 4 is 54.5 Å². The van der Waals surface area contributed by atoms with Gasteiger partial charge in [-0.1, -0.05) is 0 Å². The van der Waals surface area contributed by atoms with Crippen molar-refractivity contribution in [1.82, 2.24) is 0 Å². The highest BCUT2D eigenvalue weighted by Gasteiger charge is 2.48. The molecular weight excluding hydrogens is 412 g/mol. The SMILES string of the molecule is CCOC1(OCC)c2cc(Br)sc2-c2sc(Br)cc21. The number of ether oxygens (including phenoxy) is 2. The van der Waals surface area contributed by atoms with E-state index in [1.165, 1.54) is 9.75 Å². The zero-order valence-corrected chi connectivity index (χ0v) is 15.3. The van der Waals surface area contributed by atoms with Crippen molar-refractivity contribution in [2.45, 2.75) is 19.6 Å². The van der Waals surface area contributed by atoms with Crippen LogP contribution in [-0.4, -0.2) is 13.2 Å². The third-order valence-corrected chi connectivity index (χ3v) is 6.45. The minimum atomic E-state index is -0.737. The van der Waals surface area contributed by atoms with E-state index in [9.17, 15) is 0 Å². The first kappa shape index (κ1) is 14.2. The molecule has 0 amide bonds. The van der Waals surface area contributed by atoms with Crippen LogP contribution in [0.5, 0.6) is 0 Å². The Morgan fingerprint density at radius 2 is 1.37 bits per heavy atom. The summed E-state index contributed by atoms with van der Waals surface area (Å²) in [5.74, 6) is -0.737. The van der Waals surface area contributed by atoms with Crippen molar-refractivity contribution in [2.24, 2.45) is 0 Å². The molecule has 3 rings (SSSR count). The van der Waals surface area contributed by atoms with Gasteiger partial charge in [-0.2, -0.15) is 0 Å². The Bertz CT molecular complexity index is 564. The highest BCUT2D eigenvalue weighted by atomic mass is 79.9. The molecule has 102 valence electrons. The van der Waals surface area contributed by atoms with Crippen LogP contribution in [0.2, 0.25) is 0 Å². The number of halogens is 2. The van der Waals surface area contributed by atoms with Crippen molar-refractivity contribution in [1.29, 1.82) is 0 Å². The maximum Gasteiger partial charge on any atom is 0.225 e. The van der Waals surface area contributed by atoms with Crippen LogP contribution in [0.15, 0.2) is 19.7 Å². The quantitative estimate of drug-likeness (QED) is 0.596. The van der Waals surface area contributed by atoms with Crippen molar-refractivity contribution in [2.75, 3.05) is 13.2 Å². The summed E-state index contributed by atoms with van der Waals surface area (Å²) in [6, 6.07) is 4.23. The predicted molar refractivity (Wildman–Crippen MR) is 87.1 cm³/mol. The molecule has 0 fully saturated rings. The molecule has 19 heavy (non-hydrogen) atoms. The first-order valence-electron chi connectivity index (χ1n) is 6.00. The summed E-state index contributed by atoms with van der Waals surface area (Å²) in [4.78, 5) is 2.50. The van der Waals surface area contributed by atoms with Crippen LogP contribution in [0.4, 0.5) is 0 Å². The highest BCUT2D eigenvalue weighted by molar-refractivity contribution is 9.11. The number of rotatable bonds is 4. The average molecular weight is 424 g/mol. The molecule has 2 aromatic heterocycles. The van der Waals surface area contributed by atoms with Crippen molar-refractivity contribution in [3.63, 3.8) is 0 Å². The Morgan fingerprint density at radius 1 is 0.947 bits per heavy atom. The molecule has 6 heteroatoms. The van der Waals surface area contributed by atoms with E-state index in [-0.39, 0.29) is 0 Å². The second kappa shape index (κ2) is 5.24. The van der Waals surface area contributed by atoms with Crippen LogP contribution in [0.1, 0.15) is 25.0 Å². The average Bonchev–Trinajstić information content (AvgIpc) is 2.96. The van der Waals surface area contributed by atoms with E-state index < -0.39 is 5.79 Å². The minimum absolute atomic E-state index is 0.611. The largest absolute Gasteiger partial charge is 0.342 e. The van der Waals surface area contributed by atoms with Gasteiger partial charge in [0.05, 0.1) is 17.3 Å². The molecule has 0 bridgehead atoms. The van der Waals surface area contributed by atoms with E-state index in [1.807, 2.05) is 13.8 Å². The molecular formula is C13H12Br2O2S2. The van der Waals surface area contributed by atoms with Gasteiger partial charge in [-0.25, -0.2) is 0 Å². The van der Waals surface area contributed by atoms with E-state index >= 15 is 0 Å². The van der Waals surface area contributed by atoms with Crippen LogP contribution in [-0.2, 0) is 15.3 Å². The minimum Gasteiger partial charge on any atom is -0.342 e. The molecule has 0 atom stereocenters. The van der Waals surface area contributed by atoms with E-state index in [4.69, 9.17) is 9.47 Å². The van der Waals surface area contributed by atoms with Gasteiger partial charge >= 0.3 is 0 Å². The summed E-state index contributed by atoms with van der Waals surface area (Å²) in [7, 11) is 0. The van der Waals surface area contributed by atoms with Gasteiger partial charge < -0.3 is 9.47 Å². The molecule has 0 aromatic carbocycles. The molecule has 0 unspecified atom stereocenters. The van der Waals surface area contributed by atoms with Gasteiger partial charge in [-0.05, 0) is 57.8 Å². The fourth-order valence-corrected chi connectivity index (χ4v) is 5.89. The van der Waals surface area contributed by atoms with Gasteiger partial charge in [0, 0.05) is 24.3 Å². The number of hydrogen-bond donors (Lipinski definition) is 0. The Hall–Kier alpha value is 0.280. The van der Waals surface area contributed by atoms with E-state index in [1.54, 1.807) is 22.7 Å². The van der Waals surface area contributed by atoms with Gasteiger partial charge in [0.1, 0.15) is 0 Å². The monoisotopic (exact) mass is 422 g/mol. The van der Waals surface area contributed by atoms with Gasteiger partial charge in [0.25, 0.3) is 0 Å². The lowest BCUT2D eigenvalue weighted by atomic mass is 10.1. The third-order valence-electron chi connectivity index (χ3n) is 3.01. The van der Waals surface area contributed by atoms with Crippen molar-refractivity contribution in [3.8, 4) is 9.75 Å². The fraction of sp³-hybridized carbons (Fsp3) is 0.385. The lowest BCUT2D eigenvalue weighted by Crippen LogP contribution is -2.32. The Balaban J connectivity index is 2.26. The first-order chi connectivity index (χ1) is 9.12. The highest BCUT2D eigenvalue weighted by Crippen LogP contribution is 2.58. The molecule has 0 saturated heterocycles.